The van der Waals surface area contributed by atoms with Crippen LogP contribution in [0, 0.1) is 0 Å². The van der Waals surface area contributed by atoms with Gasteiger partial charge in [-0.3, -0.25) is 0 Å². The molecule has 4 N–H and O–H groups in total. The van der Waals surface area contributed by atoms with Crippen LogP contribution in [-0.2, 0) is 21.7 Å². The highest BCUT2D eigenvalue weighted by atomic mass is 35.5. The van der Waals surface area contributed by atoms with E-state index in [1.54, 1.807) is 18.2 Å². The van der Waals surface area contributed by atoms with E-state index in [1.165, 1.54) is 7.11 Å². The third kappa shape index (κ3) is 4.33. The number of hydrogen-bond acceptors (Lipinski definition) is 7. The molecule has 30 heavy (non-hydrogen) atoms. The molecule has 0 saturated carbocycles. The highest BCUT2D eigenvalue weighted by molar-refractivity contribution is 6.31. The molecule has 1 heterocycles. The zero-order chi connectivity index (χ0) is 21.9. The number of hydrogen-bond donors (Lipinski definition) is 4. The summed E-state index contributed by atoms with van der Waals surface area (Å²) in [5, 5.41) is 41.1. The highest BCUT2D eigenvalue weighted by Gasteiger charge is 2.55. The van der Waals surface area contributed by atoms with E-state index in [-0.39, 0.29) is 0 Å². The van der Waals surface area contributed by atoms with Crippen molar-refractivity contribution < 1.29 is 34.6 Å². The SMILES string of the molecule is CCOc1ccc(Cc2cc([C@]3(OC)O[C@H](CO)[C@@H](O)[C@H](O)[C@H]3O)ccc2Cl)cc1. The number of aliphatic hydroxyl groups is 4. The van der Waals surface area contributed by atoms with Crippen LogP contribution >= 0.6 is 11.6 Å². The van der Waals surface area contributed by atoms with Crippen LogP contribution < -0.4 is 4.74 Å². The van der Waals surface area contributed by atoms with Gasteiger partial charge in [0.25, 0.3) is 0 Å². The first kappa shape index (κ1) is 23.0. The van der Waals surface area contributed by atoms with Crippen LogP contribution in [0.3, 0.4) is 0 Å². The normalized spacial score (nSPS) is 29.0. The maximum absolute atomic E-state index is 10.7. The second-order valence-electron chi connectivity index (χ2n) is 7.20. The van der Waals surface area contributed by atoms with Crippen LogP contribution in [0.1, 0.15) is 23.6 Å². The Balaban J connectivity index is 1.94. The second-order valence-corrected chi connectivity index (χ2v) is 7.60. The summed E-state index contributed by atoms with van der Waals surface area (Å²) < 4.78 is 16.7. The summed E-state index contributed by atoms with van der Waals surface area (Å²) in [4.78, 5) is 0. The molecule has 0 bridgehead atoms. The summed E-state index contributed by atoms with van der Waals surface area (Å²) in [6, 6.07) is 12.6. The van der Waals surface area contributed by atoms with Crippen molar-refractivity contribution >= 4 is 11.6 Å². The van der Waals surface area contributed by atoms with E-state index < -0.39 is 36.8 Å². The highest BCUT2D eigenvalue weighted by Crippen LogP contribution is 2.40. The maximum Gasteiger partial charge on any atom is 0.224 e. The van der Waals surface area contributed by atoms with Crippen LogP contribution in [0.25, 0.3) is 0 Å². The Hall–Kier alpha value is -1.71. The summed E-state index contributed by atoms with van der Waals surface area (Å²) >= 11 is 6.40. The second kappa shape index (κ2) is 9.62. The van der Waals surface area contributed by atoms with Crippen molar-refractivity contribution in [1.29, 1.82) is 0 Å². The molecule has 1 aliphatic rings. The van der Waals surface area contributed by atoms with E-state index in [2.05, 4.69) is 0 Å². The average Bonchev–Trinajstić information content (AvgIpc) is 2.76. The van der Waals surface area contributed by atoms with E-state index in [1.807, 2.05) is 31.2 Å². The zero-order valence-corrected chi connectivity index (χ0v) is 17.6. The smallest absolute Gasteiger partial charge is 0.224 e. The lowest BCUT2D eigenvalue weighted by molar-refractivity contribution is -0.366. The predicted molar refractivity (Wildman–Crippen MR) is 111 cm³/mol. The molecule has 5 atom stereocenters. The van der Waals surface area contributed by atoms with Crippen molar-refractivity contribution in [2.24, 2.45) is 0 Å². The number of benzene rings is 2. The van der Waals surface area contributed by atoms with E-state index in [0.29, 0.717) is 23.6 Å². The zero-order valence-electron chi connectivity index (χ0n) is 16.9. The number of methoxy groups -OCH3 is 1. The molecule has 8 heteroatoms. The van der Waals surface area contributed by atoms with Gasteiger partial charge in [0.2, 0.25) is 5.79 Å². The minimum Gasteiger partial charge on any atom is -0.494 e. The molecule has 164 valence electrons. The summed E-state index contributed by atoms with van der Waals surface area (Å²) in [5.41, 5.74) is 2.16. The quantitative estimate of drug-likeness (QED) is 0.520. The van der Waals surface area contributed by atoms with Crippen molar-refractivity contribution in [3.8, 4) is 5.75 Å². The predicted octanol–water partition coefficient (Wildman–Crippen LogP) is 1.60. The van der Waals surface area contributed by atoms with Crippen molar-refractivity contribution in [3.63, 3.8) is 0 Å². The number of rotatable bonds is 7. The van der Waals surface area contributed by atoms with E-state index in [4.69, 9.17) is 25.8 Å². The van der Waals surface area contributed by atoms with E-state index in [0.717, 1.165) is 16.9 Å². The van der Waals surface area contributed by atoms with E-state index in [9.17, 15) is 20.4 Å². The monoisotopic (exact) mass is 438 g/mol. The number of aliphatic hydroxyl groups excluding tert-OH is 4. The van der Waals surface area contributed by atoms with Crippen molar-refractivity contribution in [2.45, 2.75) is 43.5 Å². The van der Waals surface area contributed by atoms with Gasteiger partial charge in [-0.05, 0) is 48.7 Å². The van der Waals surface area contributed by atoms with Crippen LogP contribution in [0.2, 0.25) is 5.02 Å². The van der Waals surface area contributed by atoms with Gasteiger partial charge >= 0.3 is 0 Å². The lowest BCUT2D eigenvalue weighted by Crippen LogP contribution is -2.64. The Labute approximate surface area is 180 Å². The Kier molecular flexibility index (Phi) is 7.36. The molecule has 0 amide bonds. The molecule has 0 aliphatic carbocycles. The first-order valence-electron chi connectivity index (χ1n) is 9.75. The fourth-order valence-electron chi connectivity index (χ4n) is 3.68. The Morgan fingerprint density at radius 1 is 1.07 bits per heavy atom. The topological polar surface area (TPSA) is 109 Å². The Morgan fingerprint density at radius 2 is 1.77 bits per heavy atom. The molecular formula is C22H27ClO7. The van der Waals surface area contributed by atoms with Gasteiger partial charge < -0.3 is 34.6 Å². The summed E-state index contributed by atoms with van der Waals surface area (Å²) in [6.45, 7) is 1.95. The number of halogens is 1. The van der Waals surface area contributed by atoms with Crippen LogP contribution in [0.4, 0.5) is 0 Å². The Bertz CT molecular complexity index is 842. The van der Waals surface area contributed by atoms with Gasteiger partial charge in [0.15, 0.2) is 0 Å². The minimum atomic E-state index is -1.77. The summed E-state index contributed by atoms with van der Waals surface area (Å²) in [7, 11) is 1.32. The van der Waals surface area contributed by atoms with Gasteiger partial charge in [-0.1, -0.05) is 29.8 Å². The number of ether oxygens (including phenoxy) is 3. The van der Waals surface area contributed by atoms with Crippen LogP contribution in [-0.4, -0.2) is 65.2 Å². The minimum absolute atomic E-state index is 0.409. The average molecular weight is 439 g/mol. The summed E-state index contributed by atoms with van der Waals surface area (Å²) in [6.07, 6.45) is -5.23. The van der Waals surface area contributed by atoms with Gasteiger partial charge in [-0.25, -0.2) is 0 Å². The van der Waals surface area contributed by atoms with Crippen molar-refractivity contribution in [2.75, 3.05) is 20.3 Å². The molecule has 7 nitrogen and oxygen atoms in total. The van der Waals surface area contributed by atoms with Gasteiger partial charge in [0.1, 0.15) is 30.2 Å². The standard InChI is InChI=1S/C22H27ClO7/c1-3-29-16-7-4-13(5-8-16)10-14-11-15(6-9-17(14)23)22(28-2)21(27)20(26)19(25)18(12-24)30-22/h4-9,11,18-21,24-27H,3,10,12H2,1-2H3/t18-,19-,20+,21-,22+/m1/s1. The Morgan fingerprint density at radius 3 is 2.37 bits per heavy atom. The molecule has 1 fully saturated rings. The first-order chi connectivity index (χ1) is 14.4. The molecule has 0 spiro atoms. The lowest BCUT2D eigenvalue weighted by Gasteiger charge is -2.47. The van der Waals surface area contributed by atoms with Crippen LogP contribution in [0.5, 0.6) is 5.75 Å². The molecule has 3 rings (SSSR count). The van der Waals surface area contributed by atoms with E-state index >= 15 is 0 Å². The molecule has 0 unspecified atom stereocenters. The molecular weight excluding hydrogens is 412 g/mol. The molecule has 2 aromatic carbocycles. The molecule has 1 aliphatic heterocycles. The molecule has 0 radical (unpaired) electrons. The van der Waals surface area contributed by atoms with Crippen LogP contribution in [0.15, 0.2) is 42.5 Å². The van der Waals surface area contributed by atoms with Gasteiger partial charge in [0.05, 0.1) is 13.2 Å². The van der Waals surface area contributed by atoms with Gasteiger partial charge in [-0.15, -0.1) is 0 Å². The molecule has 0 aromatic heterocycles. The largest absolute Gasteiger partial charge is 0.494 e. The van der Waals surface area contributed by atoms with Crippen molar-refractivity contribution in [3.05, 3.63) is 64.2 Å². The lowest BCUT2D eigenvalue weighted by atomic mass is 9.87. The molecule has 2 aromatic rings. The first-order valence-corrected chi connectivity index (χ1v) is 10.1. The fourth-order valence-corrected chi connectivity index (χ4v) is 3.87. The third-order valence-corrected chi connectivity index (χ3v) is 5.70. The molecule has 1 saturated heterocycles. The fraction of sp³-hybridized carbons (Fsp3) is 0.455. The summed E-state index contributed by atoms with van der Waals surface area (Å²) in [5.74, 6) is -0.995. The van der Waals surface area contributed by atoms with Gasteiger partial charge in [-0.2, -0.15) is 0 Å². The van der Waals surface area contributed by atoms with Crippen molar-refractivity contribution in [1.82, 2.24) is 0 Å². The van der Waals surface area contributed by atoms with Gasteiger partial charge in [0, 0.05) is 17.7 Å². The third-order valence-electron chi connectivity index (χ3n) is 5.33. The maximum atomic E-state index is 10.7.